The molecule has 0 radical (unpaired) electrons. The third kappa shape index (κ3) is 4.04. The lowest BCUT2D eigenvalue weighted by Crippen LogP contribution is -2.28. The van der Waals surface area contributed by atoms with E-state index in [1.807, 2.05) is 23.1 Å². The second-order valence-corrected chi connectivity index (χ2v) is 6.77. The first kappa shape index (κ1) is 20.6. The molecule has 156 valence electrons. The van der Waals surface area contributed by atoms with Crippen molar-refractivity contribution < 1.29 is 28.5 Å². The Labute approximate surface area is 171 Å². The number of hydrogen-bond donors (Lipinski definition) is 0. The summed E-state index contributed by atoms with van der Waals surface area (Å²) in [5, 5.41) is 0. The van der Waals surface area contributed by atoms with Crippen LogP contribution in [-0.2, 0) is 0 Å². The van der Waals surface area contributed by atoms with Crippen LogP contribution in [0.3, 0.4) is 0 Å². The van der Waals surface area contributed by atoms with Crippen LogP contribution >= 0.6 is 0 Å². The largest absolute Gasteiger partial charge is 0.493 e. The Morgan fingerprint density at radius 2 is 1.45 bits per heavy atom. The van der Waals surface area contributed by atoms with Gasteiger partial charge in [0.2, 0.25) is 5.75 Å². The van der Waals surface area contributed by atoms with Crippen molar-refractivity contribution in [3.05, 3.63) is 41.5 Å². The lowest BCUT2D eigenvalue weighted by Gasteiger charge is -2.19. The Balaban J connectivity index is 1.81. The van der Waals surface area contributed by atoms with E-state index in [-0.39, 0.29) is 11.8 Å². The normalized spacial score (nSPS) is 15.8. The summed E-state index contributed by atoms with van der Waals surface area (Å²) in [5.74, 6) is 2.96. The first-order chi connectivity index (χ1) is 14.1. The van der Waals surface area contributed by atoms with Crippen molar-refractivity contribution in [3.8, 4) is 28.7 Å². The van der Waals surface area contributed by atoms with Crippen LogP contribution in [0.1, 0.15) is 28.3 Å². The average molecular weight is 401 g/mol. The van der Waals surface area contributed by atoms with Gasteiger partial charge < -0.3 is 28.6 Å². The van der Waals surface area contributed by atoms with Gasteiger partial charge in [0, 0.05) is 24.6 Å². The van der Waals surface area contributed by atoms with Crippen LogP contribution in [-0.4, -0.2) is 59.4 Å². The molecule has 1 unspecified atom stereocenters. The molecule has 1 fully saturated rings. The van der Waals surface area contributed by atoms with Gasteiger partial charge in [-0.2, -0.15) is 0 Å². The lowest BCUT2D eigenvalue weighted by atomic mass is 9.98. The molecule has 1 heterocycles. The molecular formula is C22H27NO6. The molecule has 29 heavy (non-hydrogen) atoms. The molecule has 3 rings (SSSR count). The molecule has 1 amide bonds. The number of likely N-dealkylation sites (tertiary alicyclic amines) is 1. The van der Waals surface area contributed by atoms with Gasteiger partial charge in [0.15, 0.2) is 23.0 Å². The van der Waals surface area contributed by atoms with Crippen LogP contribution in [0, 0.1) is 0 Å². The zero-order valence-electron chi connectivity index (χ0n) is 17.5. The lowest BCUT2D eigenvalue weighted by molar-refractivity contribution is 0.0790. The van der Waals surface area contributed by atoms with Gasteiger partial charge in [-0.15, -0.1) is 0 Å². The van der Waals surface area contributed by atoms with Crippen LogP contribution in [0.25, 0.3) is 0 Å². The van der Waals surface area contributed by atoms with Crippen LogP contribution in [0.5, 0.6) is 28.7 Å². The van der Waals surface area contributed by atoms with Crippen molar-refractivity contribution in [1.29, 1.82) is 0 Å². The zero-order chi connectivity index (χ0) is 21.0. The average Bonchev–Trinajstić information content (AvgIpc) is 3.27. The summed E-state index contributed by atoms with van der Waals surface area (Å²) in [6.45, 7) is 1.31. The Kier molecular flexibility index (Phi) is 6.36. The quantitative estimate of drug-likeness (QED) is 0.709. The Morgan fingerprint density at radius 1 is 0.828 bits per heavy atom. The summed E-state index contributed by atoms with van der Waals surface area (Å²) in [6.07, 6.45) is 0.881. The standard InChI is InChI=1S/C22H27NO6/c1-25-17-7-6-14(10-18(17)26-2)15-8-9-23(13-15)22(24)16-11-19(27-3)21(29-5)20(12-16)28-4/h6-7,10-12,15H,8-9,13H2,1-5H3. The molecule has 2 aromatic carbocycles. The summed E-state index contributed by atoms with van der Waals surface area (Å²) in [5.41, 5.74) is 1.63. The van der Waals surface area contributed by atoms with E-state index >= 15 is 0 Å². The second-order valence-electron chi connectivity index (χ2n) is 6.77. The monoisotopic (exact) mass is 401 g/mol. The highest BCUT2D eigenvalue weighted by molar-refractivity contribution is 5.96. The summed E-state index contributed by atoms with van der Waals surface area (Å²) in [6, 6.07) is 9.29. The number of hydrogen-bond acceptors (Lipinski definition) is 6. The Hall–Kier alpha value is -3.09. The summed E-state index contributed by atoms with van der Waals surface area (Å²) in [7, 11) is 7.85. The topological polar surface area (TPSA) is 66.5 Å². The number of amides is 1. The van der Waals surface area contributed by atoms with Crippen molar-refractivity contribution in [3.63, 3.8) is 0 Å². The molecule has 1 aliphatic rings. The van der Waals surface area contributed by atoms with Crippen molar-refractivity contribution in [2.45, 2.75) is 12.3 Å². The van der Waals surface area contributed by atoms with Crippen molar-refractivity contribution in [2.75, 3.05) is 48.6 Å². The van der Waals surface area contributed by atoms with Gasteiger partial charge >= 0.3 is 0 Å². The van der Waals surface area contributed by atoms with E-state index in [9.17, 15) is 4.79 Å². The van der Waals surface area contributed by atoms with E-state index in [2.05, 4.69) is 0 Å². The second kappa shape index (κ2) is 8.94. The van der Waals surface area contributed by atoms with Gasteiger partial charge in [0.05, 0.1) is 35.5 Å². The van der Waals surface area contributed by atoms with E-state index in [1.165, 1.54) is 21.3 Å². The predicted molar refractivity (Wildman–Crippen MR) is 109 cm³/mol. The van der Waals surface area contributed by atoms with E-state index in [0.29, 0.717) is 47.4 Å². The maximum atomic E-state index is 13.1. The van der Waals surface area contributed by atoms with Crippen molar-refractivity contribution in [2.24, 2.45) is 0 Å². The minimum Gasteiger partial charge on any atom is -0.493 e. The molecule has 1 aliphatic heterocycles. The van der Waals surface area contributed by atoms with Crippen molar-refractivity contribution in [1.82, 2.24) is 4.90 Å². The fourth-order valence-corrected chi connectivity index (χ4v) is 3.71. The molecule has 0 aliphatic carbocycles. The van der Waals surface area contributed by atoms with E-state index in [0.717, 1.165) is 12.0 Å². The number of methoxy groups -OCH3 is 5. The molecule has 0 saturated carbocycles. The highest BCUT2D eigenvalue weighted by Gasteiger charge is 2.29. The Morgan fingerprint density at radius 3 is 2.00 bits per heavy atom. The molecule has 1 saturated heterocycles. The molecular weight excluding hydrogens is 374 g/mol. The van der Waals surface area contributed by atoms with Gasteiger partial charge in [-0.1, -0.05) is 6.07 Å². The Bertz CT molecular complexity index is 857. The van der Waals surface area contributed by atoms with Gasteiger partial charge in [0.1, 0.15) is 0 Å². The van der Waals surface area contributed by atoms with E-state index in [4.69, 9.17) is 23.7 Å². The van der Waals surface area contributed by atoms with Crippen molar-refractivity contribution >= 4 is 5.91 Å². The number of rotatable bonds is 7. The van der Waals surface area contributed by atoms with Gasteiger partial charge in [-0.25, -0.2) is 0 Å². The predicted octanol–water partition coefficient (Wildman–Crippen LogP) is 3.36. The van der Waals surface area contributed by atoms with Crippen LogP contribution in [0.15, 0.2) is 30.3 Å². The molecule has 2 aromatic rings. The molecule has 0 aromatic heterocycles. The fraction of sp³-hybridized carbons (Fsp3) is 0.409. The smallest absolute Gasteiger partial charge is 0.254 e. The van der Waals surface area contributed by atoms with E-state index < -0.39 is 0 Å². The minimum atomic E-state index is -0.0628. The summed E-state index contributed by atoms with van der Waals surface area (Å²) >= 11 is 0. The van der Waals surface area contributed by atoms with Crippen LogP contribution in [0.4, 0.5) is 0 Å². The number of benzene rings is 2. The third-order valence-electron chi connectivity index (χ3n) is 5.27. The first-order valence-electron chi connectivity index (χ1n) is 9.37. The molecule has 7 nitrogen and oxygen atoms in total. The van der Waals surface area contributed by atoms with Gasteiger partial charge in [0.25, 0.3) is 5.91 Å². The summed E-state index contributed by atoms with van der Waals surface area (Å²) < 4.78 is 26.8. The highest BCUT2D eigenvalue weighted by Crippen LogP contribution is 2.39. The number of carbonyl (C=O) groups is 1. The van der Waals surface area contributed by atoms with Crippen LogP contribution in [0.2, 0.25) is 0 Å². The maximum absolute atomic E-state index is 13.1. The van der Waals surface area contributed by atoms with E-state index in [1.54, 1.807) is 26.4 Å². The van der Waals surface area contributed by atoms with Gasteiger partial charge in [-0.3, -0.25) is 4.79 Å². The molecule has 0 spiro atoms. The number of carbonyl (C=O) groups excluding carboxylic acids is 1. The number of nitrogens with zero attached hydrogens (tertiary/aromatic N) is 1. The maximum Gasteiger partial charge on any atom is 0.254 e. The SMILES string of the molecule is COc1ccc(C2CCN(C(=O)c3cc(OC)c(OC)c(OC)c3)C2)cc1OC. The molecule has 0 bridgehead atoms. The molecule has 1 atom stereocenters. The summed E-state index contributed by atoms with van der Waals surface area (Å²) in [4.78, 5) is 15.0. The van der Waals surface area contributed by atoms with Gasteiger partial charge in [-0.05, 0) is 36.2 Å². The highest BCUT2D eigenvalue weighted by atomic mass is 16.5. The number of ether oxygens (including phenoxy) is 5. The first-order valence-corrected chi connectivity index (χ1v) is 9.37. The molecule has 7 heteroatoms. The zero-order valence-corrected chi connectivity index (χ0v) is 17.5. The van der Waals surface area contributed by atoms with Crippen LogP contribution < -0.4 is 23.7 Å². The molecule has 0 N–H and O–H groups in total. The fourth-order valence-electron chi connectivity index (χ4n) is 3.71. The minimum absolute atomic E-state index is 0.0628. The third-order valence-corrected chi connectivity index (χ3v) is 5.27.